The first-order valence-corrected chi connectivity index (χ1v) is 10.8. The minimum Gasteiger partial charge on any atom is -0.478 e. The lowest BCUT2D eigenvalue weighted by atomic mass is 10.1. The minimum atomic E-state index is -1.15. The zero-order valence-corrected chi connectivity index (χ0v) is 17.6. The van der Waals surface area contributed by atoms with Crippen molar-refractivity contribution < 1.29 is 14.3 Å². The highest BCUT2D eigenvalue weighted by Gasteiger charge is 2.23. The Morgan fingerprint density at radius 1 is 1.13 bits per heavy atom. The van der Waals surface area contributed by atoms with Gasteiger partial charge < -0.3 is 19.9 Å². The number of hydrogen-bond donors (Lipinski definition) is 2. The molecule has 1 aliphatic rings. The zero-order chi connectivity index (χ0) is 21.5. The Morgan fingerprint density at radius 3 is 2.58 bits per heavy atom. The molecule has 1 fully saturated rings. The van der Waals surface area contributed by atoms with Crippen molar-refractivity contribution in [2.75, 3.05) is 36.0 Å². The second-order valence-electron chi connectivity index (χ2n) is 7.02. The third kappa shape index (κ3) is 3.68. The number of fused-ring (bicyclic) bond motifs is 1. The highest BCUT2D eigenvalue weighted by molar-refractivity contribution is 7.13. The summed E-state index contributed by atoms with van der Waals surface area (Å²) in [5.41, 5.74) is 1.40. The van der Waals surface area contributed by atoms with Gasteiger partial charge >= 0.3 is 5.97 Å². The smallest absolute Gasteiger partial charge is 0.335 e. The quantitative estimate of drug-likeness (QED) is 0.447. The van der Waals surface area contributed by atoms with Gasteiger partial charge in [0.15, 0.2) is 16.6 Å². The number of rotatable bonds is 4. The van der Waals surface area contributed by atoms with Crippen molar-refractivity contribution >= 4 is 51.7 Å². The second kappa shape index (κ2) is 7.78. The van der Waals surface area contributed by atoms with Crippen LogP contribution < -0.4 is 9.80 Å². The van der Waals surface area contributed by atoms with Crippen molar-refractivity contribution in [3.8, 4) is 10.7 Å². The molecule has 1 aliphatic heterocycles. The molecule has 5 rings (SSSR count). The number of nitrogens with one attached hydrogen (secondary N) is 1. The van der Waals surface area contributed by atoms with E-state index < -0.39 is 11.8 Å². The van der Waals surface area contributed by atoms with Gasteiger partial charge in [-0.05, 0) is 29.6 Å². The molecular formula is C20H16ClFN6O2S. The second-order valence-corrected chi connectivity index (χ2v) is 8.33. The summed E-state index contributed by atoms with van der Waals surface area (Å²) in [5, 5.41) is 11.3. The number of anilines is 2. The number of aromatic amines is 1. The maximum absolute atomic E-state index is 14.4. The maximum Gasteiger partial charge on any atom is 0.335 e. The highest BCUT2D eigenvalue weighted by atomic mass is 35.5. The fourth-order valence-electron chi connectivity index (χ4n) is 3.57. The lowest BCUT2D eigenvalue weighted by Gasteiger charge is -2.36. The van der Waals surface area contributed by atoms with Crippen LogP contribution >= 0.6 is 22.9 Å². The maximum atomic E-state index is 14.4. The van der Waals surface area contributed by atoms with E-state index in [0.29, 0.717) is 60.0 Å². The third-order valence-electron chi connectivity index (χ3n) is 5.15. The summed E-state index contributed by atoms with van der Waals surface area (Å²) in [6.45, 7) is 2.31. The molecular weight excluding hydrogens is 443 g/mol. The lowest BCUT2D eigenvalue weighted by Crippen LogP contribution is -2.47. The Kier molecular flexibility index (Phi) is 4.95. The van der Waals surface area contributed by atoms with Crippen LogP contribution in [0.1, 0.15) is 10.4 Å². The normalized spacial score (nSPS) is 14.4. The SMILES string of the molecule is O=C(O)c1ccc(N2CCN(c3nc4nc(-c5cccs5)nc(Cl)c4[nH]3)CC2)c(F)c1. The molecule has 0 amide bonds. The van der Waals surface area contributed by atoms with Crippen LogP contribution in [0.3, 0.4) is 0 Å². The number of halogens is 2. The monoisotopic (exact) mass is 458 g/mol. The Labute approximate surface area is 184 Å². The van der Waals surface area contributed by atoms with Gasteiger partial charge in [-0.3, -0.25) is 0 Å². The predicted octanol–water partition coefficient (Wildman–Crippen LogP) is 3.90. The Balaban J connectivity index is 1.35. The first-order valence-electron chi connectivity index (χ1n) is 9.49. The van der Waals surface area contributed by atoms with Crippen LogP contribution in [0, 0.1) is 5.82 Å². The number of aromatic carboxylic acids is 1. The van der Waals surface area contributed by atoms with Crippen molar-refractivity contribution in [3.63, 3.8) is 0 Å². The molecule has 11 heteroatoms. The molecule has 0 aliphatic carbocycles. The fraction of sp³-hybridized carbons (Fsp3) is 0.200. The number of benzene rings is 1. The van der Waals surface area contributed by atoms with E-state index >= 15 is 0 Å². The predicted molar refractivity (Wildman–Crippen MR) is 118 cm³/mol. The summed E-state index contributed by atoms with van der Waals surface area (Å²) in [6.07, 6.45) is 0. The largest absolute Gasteiger partial charge is 0.478 e. The van der Waals surface area contributed by atoms with E-state index in [4.69, 9.17) is 16.7 Å². The first-order chi connectivity index (χ1) is 15.0. The van der Waals surface area contributed by atoms with E-state index in [1.165, 1.54) is 23.5 Å². The van der Waals surface area contributed by atoms with E-state index in [1.54, 1.807) is 0 Å². The Hall–Kier alpha value is -3.24. The van der Waals surface area contributed by atoms with Crippen LogP contribution in [0.4, 0.5) is 16.0 Å². The van der Waals surface area contributed by atoms with E-state index in [0.717, 1.165) is 10.9 Å². The highest BCUT2D eigenvalue weighted by Crippen LogP contribution is 2.29. The number of carboxylic acid groups (broad SMARTS) is 1. The summed E-state index contributed by atoms with van der Waals surface area (Å²) in [6, 6.07) is 7.83. The zero-order valence-electron chi connectivity index (χ0n) is 16.0. The van der Waals surface area contributed by atoms with Crippen molar-refractivity contribution in [3.05, 3.63) is 52.2 Å². The van der Waals surface area contributed by atoms with Gasteiger partial charge in [0.05, 0.1) is 16.1 Å². The molecule has 0 radical (unpaired) electrons. The molecule has 0 bridgehead atoms. The van der Waals surface area contributed by atoms with Crippen LogP contribution in [0.25, 0.3) is 21.9 Å². The Bertz CT molecular complexity index is 1270. The van der Waals surface area contributed by atoms with E-state index in [1.807, 2.05) is 27.3 Å². The number of nitrogens with zero attached hydrogens (tertiary/aromatic N) is 5. The standard InChI is InChI=1S/C20H16ClFN6O2S/c21-16-15-18(25-17(24-16)14-2-1-9-31-14)26-20(23-15)28-7-5-27(6-8-28)13-4-3-11(19(29)30)10-12(13)22/h1-4,9-10H,5-8H2,(H,29,30)(H,23,24,25,26). The van der Waals surface area contributed by atoms with Crippen molar-refractivity contribution in [2.45, 2.75) is 0 Å². The molecule has 31 heavy (non-hydrogen) atoms. The lowest BCUT2D eigenvalue weighted by molar-refractivity contribution is 0.0696. The Morgan fingerprint density at radius 2 is 1.90 bits per heavy atom. The molecule has 1 aromatic carbocycles. The van der Waals surface area contributed by atoms with Gasteiger partial charge in [0.1, 0.15) is 11.3 Å². The number of aromatic nitrogens is 4. The molecule has 0 saturated carbocycles. The average Bonchev–Trinajstić information content (AvgIpc) is 3.44. The van der Waals surface area contributed by atoms with Crippen LogP contribution in [0.2, 0.25) is 5.15 Å². The number of imidazole rings is 1. The van der Waals surface area contributed by atoms with Gasteiger partial charge in [-0.2, -0.15) is 4.98 Å². The average molecular weight is 459 g/mol. The van der Waals surface area contributed by atoms with Crippen LogP contribution in [0.15, 0.2) is 35.7 Å². The van der Waals surface area contributed by atoms with Gasteiger partial charge in [-0.15, -0.1) is 11.3 Å². The third-order valence-corrected chi connectivity index (χ3v) is 6.29. The van der Waals surface area contributed by atoms with E-state index in [-0.39, 0.29) is 5.56 Å². The number of H-pyrrole nitrogens is 1. The molecule has 4 aromatic rings. The number of piperazine rings is 1. The summed E-state index contributed by atoms with van der Waals surface area (Å²) in [5.74, 6) is -0.518. The number of thiophene rings is 1. The molecule has 0 spiro atoms. The molecule has 0 unspecified atom stereocenters. The van der Waals surface area contributed by atoms with E-state index in [9.17, 15) is 9.18 Å². The van der Waals surface area contributed by atoms with Crippen molar-refractivity contribution in [2.24, 2.45) is 0 Å². The molecule has 1 saturated heterocycles. The molecule has 4 heterocycles. The summed E-state index contributed by atoms with van der Waals surface area (Å²) < 4.78 is 14.4. The first kappa shape index (κ1) is 19.7. The number of carboxylic acids is 1. The van der Waals surface area contributed by atoms with Gasteiger partial charge in [0, 0.05) is 26.2 Å². The molecule has 8 nitrogen and oxygen atoms in total. The van der Waals surface area contributed by atoms with Crippen LogP contribution in [-0.2, 0) is 0 Å². The molecule has 3 aromatic heterocycles. The number of carbonyl (C=O) groups is 1. The van der Waals surface area contributed by atoms with Crippen LogP contribution in [0.5, 0.6) is 0 Å². The minimum absolute atomic E-state index is 0.0675. The molecule has 0 atom stereocenters. The summed E-state index contributed by atoms with van der Waals surface area (Å²) in [4.78, 5) is 32.5. The van der Waals surface area contributed by atoms with Gasteiger partial charge in [-0.25, -0.2) is 19.2 Å². The topological polar surface area (TPSA) is 98.2 Å². The van der Waals surface area contributed by atoms with Crippen molar-refractivity contribution in [1.82, 2.24) is 19.9 Å². The fourth-order valence-corrected chi connectivity index (χ4v) is 4.44. The summed E-state index contributed by atoms with van der Waals surface area (Å²) in [7, 11) is 0. The van der Waals surface area contributed by atoms with Crippen molar-refractivity contribution in [1.29, 1.82) is 0 Å². The van der Waals surface area contributed by atoms with Gasteiger partial charge in [0.25, 0.3) is 0 Å². The number of hydrogen-bond acceptors (Lipinski definition) is 7. The van der Waals surface area contributed by atoms with Crippen LogP contribution in [-0.4, -0.2) is 57.2 Å². The summed E-state index contributed by atoms with van der Waals surface area (Å²) >= 11 is 7.89. The van der Waals surface area contributed by atoms with Gasteiger partial charge in [0.2, 0.25) is 5.95 Å². The van der Waals surface area contributed by atoms with E-state index in [2.05, 4.69) is 19.9 Å². The van der Waals surface area contributed by atoms with Gasteiger partial charge in [-0.1, -0.05) is 17.7 Å². The molecule has 158 valence electrons. The molecule has 2 N–H and O–H groups in total.